The fraction of sp³-hybridized carbons (Fsp3) is 0.256. The van der Waals surface area contributed by atoms with Crippen molar-refractivity contribution in [3.8, 4) is 22.5 Å². The number of rotatable bonds is 5. The van der Waals surface area contributed by atoms with Crippen LogP contribution in [0, 0.1) is 19.7 Å². The fourth-order valence-electron chi connectivity index (χ4n) is 7.50. The van der Waals surface area contributed by atoms with Crippen LogP contribution in [0.15, 0.2) is 104 Å². The van der Waals surface area contributed by atoms with E-state index in [0.29, 0.717) is 51.2 Å². The maximum Gasteiger partial charge on any atom is 0.258 e. The third kappa shape index (κ3) is 7.20. The van der Waals surface area contributed by atoms with E-state index in [1.165, 1.54) is 22.1 Å². The highest BCUT2D eigenvalue weighted by Gasteiger charge is 2.17. The zero-order chi connectivity index (χ0) is 39.2. The molecule has 0 saturated carbocycles. The number of pyridine rings is 2. The monoisotopic (exact) mass is 765 g/mol. The lowest BCUT2D eigenvalue weighted by molar-refractivity contribution is 0.318. The number of aryl methyl sites for hydroxylation is 2. The van der Waals surface area contributed by atoms with Crippen LogP contribution in [0.1, 0.15) is 30.7 Å². The zero-order valence-corrected chi connectivity index (χ0v) is 31.8. The van der Waals surface area contributed by atoms with Gasteiger partial charge in [-0.15, -0.1) is 0 Å². The number of likely N-dealkylation sites (N-methyl/N-ethyl adjacent to an activating group) is 1. The van der Waals surface area contributed by atoms with Gasteiger partial charge in [-0.1, -0.05) is 19.1 Å². The van der Waals surface area contributed by atoms with Gasteiger partial charge in [-0.3, -0.25) is 23.3 Å². The molecule has 0 spiro atoms. The number of hydrogen-bond donors (Lipinski definition) is 1. The first-order chi connectivity index (χ1) is 27.7. The molecule has 6 aromatic heterocycles. The molecule has 0 atom stereocenters. The average molecular weight is 766 g/mol. The smallest absolute Gasteiger partial charge is 0.258 e. The SMILES string of the molecule is CCN1CC=C(c2ccc3nc(-c4ccc5nc(C)oc5c4)cc(=O)n3c2)CC1.Cc1nc2c(F)cc(-c3cc(=O)n4cc(N5CCNCC5)ccc4n3)cc2o1. The van der Waals surface area contributed by atoms with E-state index in [9.17, 15) is 14.0 Å². The van der Waals surface area contributed by atoms with Gasteiger partial charge in [0.1, 0.15) is 22.3 Å². The third-order valence-electron chi connectivity index (χ3n) is 10.5. The Bertz CT molecular complexity index is 2980. The van der Waals surface area contributed by atoms with Crippen LogP contribution in [0.2, 0.25) is 0 Å². The van der Waals surface area contributed by atoms with Gasteiger partial charge in [-0.05, 0) is 72.6 Å². The van der Waals surface area contributed by atoms with Crippen molar-refractivity contribution in [3.05, 3.63) is 129 Å². The van der Waals surface area contributed by atoms with E-state index in [-0.39, 0.29) is 16.6 Å². The first-order valence-electron chi connectivity index (χ1n) is 19.1. The van der Waals surface area contributed by atoms with Gasteiger partial charge in [0, 0.05) is 88.8 Å². The predicted octanol–water partition coefficient (Wildman–Crippen LogP) is 6.28. The number of halogens is 1. The lowest BCUT2D eigenvalue weighted by atomic mass is 10.0. The Balaban J connectivity index is 0.000000148. The van der Waals surface area contributed by atoms with Gasteiger partial charge in [0.25, 0.3) is 11.1 Å². The van der Waals surface area contributed by atoms with E-state index in [0.717, 1.165) is 74.6 Å². The molecular weight excluding hydrogens is 726 g/mol. The highest BCUT2D eigenvalue weighted by atomic mass is 19.1. The summed E-state index contributed by atoms with van der Waals surface area (Å²) in [6.07, 6.45) is 6.97. The van der Waals surface area contributed by atoms with Crippen molar-refractivity contribution < 1.29 is 13.2 Å². The number of nitrogens with one attached hydrogen (secondary N) is 1. The molecule has 0 radical (unpaired) electrons. The summed E-state index contributed by atoms with van der Waals surface area (Å²) in [5, 5.41) is 3.31. The molecule has 2 aliphatic rings. The molecule has 1 saturated heterocycles. The first-order valence-corrected chi connectivity index (χ1v) is 19.1. The van der Waals surface area contributed by atoms with E-state index >= 15 is 0 Å². The van der Waals surface area contributed by atoms with Crippen LogP contribution in [-0.2, 0) is 0 Å². The summed E-state index contributed by atoms with van der Waals surface area (Å²) in [6, 6.07) is 19.4. The highest BCUT2D eigenvalue weighted by molar-refractivity contribution is 5.81. The van der Waals surface area contributed by atoms with Crippen LogP contribution in [0.25, 0.3) is 61.6 Å². The highest BCUT2D eigenvalue weighted by Crippen LogP contribution is 2.28. The summed E-state index contributed by atoms with van der Waals surface area (Å²) in [7, 11) is 0. The van der Waals surface area contributed by atoms with Crippen molar-refractivity contribution in [2.45, 2.75) is 27.2 Å². The van der Waals surface area contributed by atoms with Crippen LogP contribution >= 0.6 is 0 Å². The number of piperazine rings is 1. The number of benzene rings is 2. The molecule has 1 N–H and O–H groups in total. The molecule has 14 heteroatoms. The normalized spacial score (nSPS) is 15.0. The summed E-state index contributed by atoms with van der Waals surface area (Å²) >= 11 is 0. The Morgan fingerprint density at radius 1 is 0.719 bits per heavy atom. The summed E-state index contributed by atoms with van der Waals surface area (Å²) in [5.74, 6) is 0.508. The topological polar surface area (TPSA) is 139 Å². The summed E-state index contributed by atoms with van der Waals surface area (Å²) in [6.45, 7) is 12.3. The van der Waals surface area contributed by atoms with Crippen molar-refractivity contribution >= 4 is 44.8 Å². The molecule has 0 aliphatic carbocycles. The quantitative estimate of drug-likeness (QED) is 0.212. The fourth-order valence-corrected chi connectivity index (χ4v) is 7.50. The molecule has 2 aromatic carbocycles. The summed E-state index contributed by atoms with van der Waals surface area (Å²) in [5.41, 5.74) is 8.56. The largest absolute Gasteiger partial charge is 0.441 e. The Morgan fingerprint density at radius 3 is 2.12 bits per heavy atom. The van der Waals surface area contributed by atoms with E-state index in [1.807, 2.05) is 55.7 Å². The standard InChI is InChI=1S/C23H22N4O2.C20H18FN5O2/c1-3-26-10-8-16(9-11-26)18-5-7-22-25-20(13-23(28)27(22)14-18)17-4-6-19-21(12-17)29-15(2)24-19;1-12-23-20-15(21)8-13(9-17(20)28-12)16-10-19(27)26-11-14(2-3-18(26)24-16)25-6-4-22-5-7-25/h4-8,12-14H,3,9-11H2,1-2H3;2-3,8-11,22H,4-7H2,1H3. The van der Waals surface area contributed by atoms with Gasteiger partial charge in [0.15, 0.2) is 28.8 Å². The lowest BCUT2D eigenvalue weighted by Crippen LogP contribution is -2.43. The number of nitrogens with zero attached hydrogens (tertiary/aromatic N) is 8. The minimum Gasteiger partial charge on any atom is -0.441 e. The third-order valence-corrected chi connectivity index (χ3v) is 10.5. The van der Waals surface area contributed by atoms with E-state index < -0.39 is 5.82 Å². The van der Waals surface area contributed by atoms with Crippen LogP contribution in [-0.4, -0.2) is 79.5 Å². The lowest BCUT2D eigenvalue weighted by Gasteiger charge is -2.29. The van der Waals surface area contributed by atoms with Crippen molar-refractivity contribution in [2.24, 2.45) is 0 Å². The van der Waals surface area contributed by atoms with E-state index in [4.69, 9.17) is 13.8 Å². The van der Waals surface area contributed by atoms with Crippen LogP contribution in [0.3, 0.4) is 0 Å². The molecule has 2 aliphatic heterocycles. The van der Waals surface area contributed by atoms with E-state index in [1.54, 1.807) is 23.5 Å². The second kappa shape index (κ2) is 14.9. The minimum atomic E-state index is -0.500. The van der Waals surface area contributed by atoms with Gasteiger partial charge in [-0.2, -0.15) is 0 Å². The molecule has 0 unspecified atom stereocenters. The second-order valence-electron chi connectivity index (χ2n) is 14.3. The molecule has 57 heavy (non-hydrogen) atoms. The molecule has 8 aromatic rings. The molecule has 288 valence electrons. The maximum atomic E-state index is 14.4. The maximum absolute atomic E-state index is 14.4. The molecule has 10 rings (SSSR count). The van der Waals surface area contributed by atoms with Gasteiger partial charge >= 0.3 is 0 Å². The number of fused-ring (bicyclic) bond motifs is 4. The number of oxazole rings is 2. The molecule has 8 heterocycles. The summed E-state index contributed by atoms with van der Waals surface area (Å²) < 4.78 is 28.6. The Hall–Kier alpha value is -6.51. The molecular formula is C43H40FN9O4. The van der Waals surface area contributed by atoms with Crippen molar-refractivity contribution in [1.29, 1.82) is 0 Å². The second-order valence-corrected chi connectivity index (χ2v) is 14.3. The number of hydrogen-bond acceptors (Lipinski definition) is 11. The first kappa shape index (κ1) is 36.1. The zero-order valence-electron chi connectivity index (χ0n) is 31.8. The van der Waals surface area contributed by atoms with Crippen LogP contribution in [0.5, 0.6) is 0 Å². The van der Waals surface area contributed by atoms with Crippen molar-refractivity contribution in [2.75, 3.05) is 50.7 Å². The molecule has 0 amide bonds. The Morgan fingerprint density at radius 2 is 1.39 bits per heavy atom. The van der Waals surface area contributed by atoms with E-state index in [2.05, 4.69) is 49.1 Å². The number of anilines is 1. The van der Waals surface area contributed by atoms with Crippen molar-refractivity contribution in [3.63, 3.8) is 0 Å². The van der Waals surface area contributed by atoms with Gasteiger partial charge in [0.2, 0.25) is 0 Å². The minimum absolute atomic E-state index is 0.0905. The van der Waals surface area contributed by atoms with Gasteiger partial charge in [-0.25, -0.2) is 24.3 Å². The molecule has 13 nitrogen and oxygen atoms in total. The molecule has 0 bridgehead atoms. The average Bonchev–Trinajstić information content (AvgIpc) is 3.81. The number of aromatic nitrogens is 6. The van der Waals surface area contributed by atoms with Crippen molar-refractivity contribution in [1.82, 2.24) is 39.0 Å². The van der Waals surface area contributed by atoms with Crippen LogP contribution < -0.4 is 21.3 Å². The Labute approximate surface area is 325 Å². The predicted molar refractivity (Wildman–Crippen MR) is 218 cm³/mol. The summed E-state index contributed by atoms with van der Waals surface area (Å²) in [4.78, 5) is 47.8. The Kier molecular flexibility index (Phi) is 9.42. The van der Waals surface area contributed by atoms with Crippen LogP contribution in [0.4, 0.5) is 10.1 Å². The molecule has 1 fully saturated rings. The van der Waals surface area contributed by atoms with Gasteiger partial charge < -0.3 is 19.1 Å². The van der Waals surface area contributed by atoms with Gasteiger partial charge in [0.05, 0.1) is 17.1 Å².